The summed E-state index contributed by atoms with van der Waals surface area (Å²) in [6.45, 7) is 0. The molecule has 0 saturated heterocycles. The number of pyridine rings is 1. The Hall–Kier alpha value is -5.73. The summed E-state index contributed by atoms with van der Waals surface area (Å²) in [6, 6.07) is 59.6. The van der Waals surface area contributed by atoms with Gasteiger partial charge in [0.05, 0.1) is 27.8 Å². The van der Waals surface area contributed by atoms with Crippen molar-refractivity contribution in [1.82, 2.24) is 9.55 Å². The van der Waals surface area contributed by atoms with Crippen LogP contribution in [0.5, 0.6) is 0 Å². The molecule has 9 rings (SSSR count). The van der Waals surface area contributed by atoms with E-state index in [1.807, 2.05) is 18.3 Å². The van der Waals surface area contributed by atoms with Crippen molar-refractivity contribution in [2.24, 2.45) is 0 Å². The summed E-state index contributed by atoms with van der Waals surface area (Å²) in [6.07, 6.45) is 1.84. The molecule has 1 atom stereocenters. The Bertz CT molecular complexity index is 2300. The second kappa shape index (κ2) is 9.65. The molecular formula is C42H28N2. The molecule has 1 aliphatic heterocycles. The average molecular weight is 561 g/mol. The monoisotopic (exact) mass is 560 g/mol. The van der Waals surface area contributed by atoms with Crippen molar-refractivity contribution in [2.45, 2.75) is 5.41 Å². The van der Waals surface area contributed by atoms with Crippen molar-refractivity contribution < 1.29 is 0 Å². The number of para-hydroxylation sites is 3. The van der Waals surface area contributed by atoms with Crippen LogP contribution in [0.25, 0.3) is 49.9 Å². The van der Waals surface area contributed by atoms with Gasteiger partial charge in [-0.3, -0.25) is 4.98 Å². The first-order valence-corrected chi connectivity index (χ1v) is 15.1. The van der Waals surface area contributed by atoms with E-state index in [0.717, 1.165) is 11.3 Å². The Kier molecular flexibility index (Phi) is 5.45. The highest BCUT2D eigenvalue weighted by Crippen LogP contribution is 2.54. The lowest BCUT2D eigenvalue weighted by Gasteiger charge is -2.41. The lowest BCUT2D eigenvalue weighted by Crippen LogP contribution is -2.35. The molecule has 2 heteroatoms. The Morgan fingerprint density at radius 3 is 1.84 bits per heavy atom. The molecule has 0 fully saturated rings. The van der Waals surface area contributed by atoms with E-state index >= 15 is 0 Å². The van der Waals surface area contributed by atoms with Gasteiger partial charge in [-0.25, -0.2) is 0 Å². The predicted octanol–water partition coefficient (Wildman–Crippen LogP) is 10.2. The SMILES string of the molecule is c1ccc(C2(c3ccc(-c4ccc(-c5ccccn5)cc4)cc3)c3ccccc3-n3c4ccccc4c4cccc2c43)cc1. The van der Waals surface area contributed by atoms with Crippen LogP contribution >= 0.6 is 0 Å². The lowest BCUT2D eigenvalue weighted by molar-refractivity contribution is 0.728. The zero-order chi connectivity index (χ0) is 29.1. The largest absolute Gasteiger partial charge is 0.309 e. The highest BCUT2D eigenvalue weighted by molar-refractivity contribution is 6.12. The van der Waals surface area contributed by atoms with Gasteiger partial charge < -0.3 is 4.57 Å². The molecule has 2 aromatic heterocycles. The van der Waals surface area contributed by atoms with E-state index < -0.39 is 5.41 Å². The van der Waals surface area contributed by atoms with Crippen LogP contribution in [0.4, 0.5) is 0 Å². The Labute approximate surface area is 256 Å². The summed E-state index contributed by atoms with van der Waals surface area (Å²) in [5.74, 6) is 0. The van der Waals surface area contributed by atoms with Crippen molar-refractivity contribution in [1.29, 1.82) is 0 Å². The third-order valence-electron chi connectivity index (χ3n) is 9.35. The van der Waals surface area contributed by atoms with Crippen LogP contribution in [0, 0.1) is 0 Å². The fraction of sp³-hybridized carbons (Fsp3) is 0.0238. The zero-order valence-electron chi connectivity index (χ0n) is 24.1. The third-order valence-corrected chi connectivity index (χ3v) is 9.35. The average Bonchev–Trinajstić information content (AvgIpc) is 3.45. The summed E-state index contributed by atoms with van der Waals surface area (Å²) in [5, 5.41) is 2.57. The van der Waals surface area contributed by atoms with Crippen molar-refractivity contribution >= 4 is 21.8 Å². The topological polar surface area (TPSA) is 17.8 Å². The van der Waals surface area contributed by atoms with E-state index in [9.17, 15) is 0 Å². The molecule has 0 aliphatic carbocycles. The zero-order valence-corrected chi connectivity index (χ0v) is 24.1. The van der Waals surface area contributed by atoms with Crippen molar-refractivity contribution in [3.63, 3.8) is 0 Å². The molecule has 3 heterocycles. The minimum Gasteiger partial charge on any atom is -0.309 e. The fourth-order valence-electron chi connectivity index (χ4n) is 7.46. The van der Waals surface area contributed by atoms with E-state index in [4.69, 9.17) is 0 Å². The van der Waals surface area contributed by atoms with Crippen LogP contribution in [-0.2, 0) is 5.41 Å². The van der Waals surface area contributed by atoms with E-state index in [-0.39, 0.29) is 0 Å². The van der Waals surface area contributed by atoms with Crippen LogP contribution in [0.1, 0.15) is 22.3 Å². The molecule has 1 unspecified atom stereocenters. The third kappa shape index (κ3) is 3.46. The second-order valence-electron chi connectivity index (χ2n) is 11.6. The summed E-state index contributed by atoms with van der Waals surface area (Å²) >= 11 is 0. The molecule has 0 amide bonds. The van der Waals surface area contributed by atoms with Gasteiger partial charge in [0.2, 0.25) is 0 Å². The minimum absolute atomic E-state index is 0.483. The standard InChI is InChI=1S/C42H28N2/c1-2-11-32(12-3-1)42(33-26-24-30(25-27-33)29-20-22-31(23-21-29)38-17-8-9-28-43-38)36-15-5-7-19-40(36)44-39-18-6-4-13-34(39)35-14-10-16-37(42)41(35)44/h1-28H. The lowest BCUT2D eigenvalue weighted by atomic mass is 9.63. The molecule has 8 aromatic rings. The number of hydrogen-bond donors (Lipinski definition) is 0. The molecule has 2 nitrogen and oxygen atoms in total. The smallest absolute Gasteiger partial charge is 0.0742 e. The molecule has 0 saturated carbocycles. The van der Waals surface area contributed by atoms with Crippen LogP contribution < -0.4 is 0 Å². The van der Waals surface area contributed by atoms with Crippen molar-refractivity contribution in [2.75, 3.05) is 0 Å². The van der Waals surface area contributed by atoms with Crippen LogP contribution in [0.3, 0.4) is 0 Å². The molecule has 206 valence electrons. The van der Waals surface area contributed by atoms with Crippen LogP contribution in [0.2, 0.25) is 0 Å². The summed E-state index contributed by atoms with van der Waals surface area (Å²) in [4.78, 5) is 4.51. The van der Waals surface area contributed by atoms with Gasteiger partial charge in [0.15, 0.2) is 0 Å². The Morgan fingerprint density at radius 2 is 1.05 bits per heavy atom. The number of benzene rings is 6. The van der Waals surface area contributed by atoms with Gasteiger partial charge in [0.1, 0.15) is 0 Å². The van der Waals surface area contributed by atoms with E-state index in [0.29, 0.717) is 0 Å². The van der Waals surface area contributed by atoms with Gasteiger partial charge in [-0.1, -0.05) is 140 Å². The Morgan fingerprint density at radius 1 is 0.432 bits per heavy atom. The number of fused-ring (bicyclic) bond motifs is 5. The van der Waals surface area contributed by atoms with E-state index in [2.05, 4.69) is 161 Å². The van der Waals surface area contributed by atoms with E-state index in [1.54, 1.807) is 0 Å². The maximum Gasteiger partial charge on any atom is 0.0742 e. The van der Waals surface area contributed by atoms with Crippen molar-refractivity contribution in [3.05, 3.63) is 192 Å². The summed E-state index contributed by atoms with van der Waals surface area (Å²) in [5.41, 5.74) is 12.9. The van der Waals surface area contributed by atoms with Crippen LogP contribution in [-0.4, -0.2) is 9.55 Å². The molecule has 6 aromatic carbocycles. The second-order valence-corrected chi connectivity index (χ2v) is 11.6. The minimum atomic E-state index is -0.483. The maximum atomic E-state index is 4.51. The molecule has 0 bridgehead atoms. The molecule has 1 aliphatic rings. The van der Waals surface area contributed by atoms with Gasteiger partial charge in [0.25, 0.3) is 0 Å². The molecule has 0 spiro atoms. The number of hydrogen-bond acceptors (Lipinski definition) is 1. The molecule has 0 N–H and O–H groups in total. The first-order valence-electron chi connectivity index (χ1n) is 15.1. The first-order chi connectivity index (χ1) is 21.8. The fourth-order valence-corrected chi connectivity index (χ4v) is 7.46. The normalized spacial score (nSPS) is 15.4. The van der Waals surface area contributed by atoms with Gasteiger partial charge in [0, 0.05) is 22.5 Å². The van der Waals surface area contributed by atoms with Gasteiger partial charge in [-0.05, 0) is 57.6 Å². The quantitative estimate of drug-likeness (QED) is 0.209. The molecular weight excluding hydrogens is 532 g/mol. The van der Waals surface area contributed by atoms with Gasteiger partial charge >= 0.3 is 0 Å². The summed E-state index contributed by atoms with van der Waals surface area (Å²) < 4.78 is 2.48. The Balaban J connectivity index is 1.29. The molecule has 44 heavy (non-hydrogen) atoms. The van der Waals surface area contributed by atoms with Crippen LogP contribution in [0.15, 0.2) is 170 Å². The van der Waals surface area contributed by atoms with Gasteiger partial charge in [-0.15, -0.1) is 0 Å². The molecule has 0 radical (unpaired) electrons. The van der Waals surface area contributed by atoms with Crippen molar-refractivity contribution in [3.8, 4) is 28.1 Å². The first kappa shape index (κ1) is 24.8. The summed E-state index contributed by atoms with van der Waals surface area (Å²) in [7, 11) is 0. The van der Waals surface area contributed by atoms with Gasteiger partial charge in [-0.2, -0.15) is 0 Å². The highest BCUT2D eigenvalue weighted by Gasteiger charge is 2.45. The number of nitrogens with zero attached hydrogens (tertiary/aromatic N) is 2. The number of aromatic nitrogens is 2. The predicted molar refractivity (Wildman–Crippen MR) is 181 cm³/mol. The number of rotatable bonds is 4. The highest BCUT2D eigenvalue weighted by atomic mass is 15.0. The van der Waals surface area contributed by atoms with E-state index in [1.165, 1.54) is 60.9 Å². The maximum absolute atomic E-state index is 4.51.